The van der Waals surface area contributed by atoms with E-state index >= 15 is 0 Å². The third-order valence-corrected chi connectivity index (χ3v) is 5.24. The van der Waals surface area contributed by atoms with Crippen LogP contribution in [0.2, 0.25) is 0 Å². The molecule has 0 aromatic carbocycles. The van der Waals surface area contributed by atoms with Gasteiger partial charge in [-0.2, -0.15) is 0 Å². The molecule has 4 nitrogen and oxygen atoms in total. The Morgan fingerprint density at radius 2 is 2.21 bits per heavy atom. The fraction of sp³-hybridized carbons (Fsp3) is 0.929. The summed E-state index contributed by atoms with van der Waals surface area (Å²) in [7, 11) is 1.97. The van der Waals surface area contributed by atoms with Crippen molar-refractivity contribution < 1.29 is 9.53 Å². The maximum atomic E-state index is 12.9. The van der Waals surface area contributed by atoms with Crippen molar-refractivity contribution in [3.05, 3.63) is 0 Å². The van der Waals surface area contributed by atoms with Crippen LogP contribution in [0.5, 0.6) is 0 Å². The molecule has 19 heavy (non-hydrogen) atoms. The zero-order chi connectivity index (χ0) is 12.6. The van der Waals surface area contributed by atoms with Crippen molar-refractivity contribution in [1.29, 1.82) is 0 Å². The van der Waals surface area contributed by atoms with Crippen molar-refractivity contribution in [1.82, 2.24) is 10.2 Å². The van der Waals surface area contributed by atoms with Gasteiger partial charge in [0.15, 0.2) is 0 Å². The minimum absolute atomic E-state index is 0. The molecule has 5 heteroatoms. The van der Waals surface area contributed by atoms with Crippen LogP contribution >= 0.6 is 12.4 Å². The highest BCUT2D eigenvalue weighted by atomic mass is 35.5. The smallest absolute Gasteiger partial charge is 0.230 e. The molecule has 3 rings (SSSR count). The number of carbonyl (C=O) groups excluding carboxylic acids is 1. The highest BCUT2D eigenvalue weighted by Crippen LogP contribution is 2.45. The lowest BCUT2D eigenvalue weighted by molar-refractivity contribution is -0.146. The molecule has 0 aromatic rings. The van der Waals surface area contributed by atoms with Gasteiger partial charge in [-0.15, -0.1) is 12.4 Å². The van der Waals surface area contributed by atoms with E-state index in [2.05, 4.69) is 5.32 Å². The Morgan fingerprint density at radius 3 is 2.95 bits per heavy atom. The van der Waals surface area contributed by atoms with E-state index in [9.17, 15) is 4.79 Å². The van der Waals surface area contributed by atoms with Crippen LogP contribution in [-0.2, 0) is 9.53 Å². The molecule has 1 amide bonds. The summed E-state index contributed by atoms with van der Waals surface area (Å²) in [6, 6.07) is 0.301. The number of fused-ring (bicyclic) bond motifs is 1. The molecule has 3 aliphatic rings. The van der Waals surface area contributed by atoms with E-state index in [0.29, 0.717) is 17.9 Å². The van der Waals surface area contributed by atoms with Crippen molar-refractivity contribution in [2.75, 3.05) is 33.4 Å². The topological polar surface area (TPSA) is 41.6 Å². The first-order valence-electron chi connectivity index (χ1n) is 7.30. The SMILES string of the molecule is CN(C(=O)[C@@]12CCCC[C@H]1CNC2)C1CCOC1.Cl. The van der Waals surface area contributed by atoms with E-state index < -0.39 is 0 Å². The van der Waals surface area contributed by atoms with Crippen LogP contribution < -0.4 is 5.32 Å². The Hall–Kier alpha value is -0.320. The number of likely N-dealkylation sites (N-methyl/N-ethyl adjacent to an activating group) is 1. The fourth-order valence-electron chi connectivity index (χ4n) is 4.01. The van der Waals surface area contributed by atoms with Crippen molar-refractivity contribution in [3.8, 4) is 0 Å². The number of halogens is 1. The lowest BCUT2D eigenvalue weighted by atomic mass is 9.67. The van der Waals surface area contributed by atoms with Gasteiger partial charge < -0.3 is 15.0 Å². The first-order valence-corrected chi connectivity index (χ1v) is 7.30. The molecule has 2 heterocycles. The van der Waals surface area contributed by atoms with Gasteiger partial charge in [-0.05, 0) is 31.7 Å². The van der Waals surface area contributed by atoms with Gasteiger partial charge in [0, 0.05) is 20.2 Å². The van der Waals surface area contributed by atoms with E-state index in [1.807, 2.05) is 11.9 Å². The number of ether oxygens (including phenoxy) is 1. The summed E-state index contributed by atoms with van der Waals surface area (Å²) in [5.74, 6) is 0.927. The molecule has 1 N–H and O–H groups in total. The standard InChI is InChI=1S/C14H24N2O2.ClH/c1-16(12-5-7-18-9-12)13(17)14-6-3-2-4-11(14)8-15-10-14;/h11-12,15H,2-10H2,1H3;1H/t11-,12?,14+;/m0./s1. The van der Waals surface area contributed by atoms with Crippen molar-refractivity contribution in [3.63, 3.8) is 0 Å². The molecule has 2 aliphatic heterocycles. The first kappa shape index (κ1) is 15.1. The summed E-state index contributed by atoms with van der Waals surface area (Å²) in [4.78, 5) is 14.9. The molecular formula is C14H25ClN2O2. The molecule has 110 valence electrons. The Bertz CT molecular complexity index is 333. The Balaban J connectivity index is 0.00000133. The molecule has 1 unspecified atom stereocenters. The van der Waals surface area contributed by atoms with Crippen molar-refractivity contribution in [2.24, 2.45) is 11.3 Å². The van der Waals surface area contributed by atoms with Gasteiger partial charge in [0.25, 0.3) is 0 Å². The van der Waals surface area contributed by atoms with Crippen LogP contribution in [0.15, 0.2) is 0 Å². The molecular weight excluding hydrogens is 264 g/mol. The quantitative estimate of drug-likeness (QED) is 0.836. The van der Waals surface area contributed by atoms with E-state index in [0.717, 1.165) is 39.1 Å². The molecule has 2 saturated heterocycles. The number of nitrogens with one attached hydrogen (secondary N) is 1. The normalized spacial score (nSPS) is 37.5. The number of hydrogen-bond acceptors (Lipinski definition) is 3. The molecule has 0 aromatic heterocycles. The van der Waals surface area contributed by atoms with E-state index in [1.165, 1.54) is 19.3 Å². The largest absolute Gasteiger partial charge is 0.379 e. The Morgan fingerprint density at radius 1 is 1.37 bits per heavy atom. The van der Waals surface area contributed by atoms with Gasteiger partial charge >= 0.3 is 0 Å². The third kappa shape index (κ3) is 2.50. The first-order chi connectivity index (χ1) is 8.74. The number of amides is 1. The molecule has 0 spiro atoms. The number of nitrogens with zero attached hydrogens (tertiary/aromatic N) is 1. The van der Waals surface area contributed by atoms with E-state index in [4.69, 9.17) is 4.74 Å². The second-order valence-electron chi connectivity index (χ2n) is 6.16. The predicted molar refractivity (Wildman–Crippen MR) is 76.5 cm³/mol. The minimum atomic E-state index is -0.102. The molecule has 0 radical (unpaired) electrons. The summed E-state index contributed by atoms with van der Waals surface area (Å²) in [5, 5.41) is 3.45. The summed E-state index contributed by atoms with van der Waals surface area (Å²) >= 11 is 0. The van der Waals surface area contributed by atoms with Crippen molar-refractivity contribution >= 4 is 18.3 Å². The van der Waals surface area contributed by atoms with Crippen LogP contribution in [0.1, 0.15) is 32.1 Å². The molecule has 1 aliphatic carbocycles. The molecule has 1 saturated carbocycles. The van der Waals surface area contributed by atoms with Gasteiger partial charge in [-0.25, -0.2) is 0 Å². The van der Waals surface area contributed by atoms with E-state index in [-0.39, 0.29) is 17.8 Å². The van der Waals surface area contributed by atoms with Gasteiger partial charge in [-0.3, -0.25) is 4.79 Å². The van der Waals surface area contributed by atoms with Gasteiger partial charge in [0.05, 0.1) is 18.1 Å². The highest BCUT2D eigenvalue weighted by molar-refractivity contribution is 5.85. The zero-order valence-electron chi connectivity index (χ0n) is 11.7. The average Bonchev–Trinajstić information content (AvgIpc) is 3.06. The number of carbonyl (C=O) groups is 1. The van der Waals surface area contributed by atoms with Gasteiger partial charge in [0.2, 0.25) is 5.91 Å². The molecule has 3 atom stereocenters. The highest BCUT2D eigenvalue weighted by Gasteiger charge is 2.51. The lowest BCUT2D eigenvalue weighted by Gasteiger charge is -2.41. The summed E-state index contributed by atoms with van der Waals surface area (Å²) in [6.07, 6.45) is 5.78. The third-order valence-electron chi connectivity index (χ3n) is 5.24. The van der Waals surface area contributed by atoms with Gasteiger partial charge in [-0.1, -0.05) is 12.8 Å². The predicted octanol–water partition coefficient (Wildman–Crippen LogP) is 1.44. The second-order valence-corrected chi connectivity index (χ2v) is 6.16. The Labute approximate surface area is 121 Å². The maximum absolute atomic E-state index is 12.9. The number of rotatable bonds is 2. The van der Waals surface area contributed by atoms with Crippen LogP contribution in [0.25, 0.3) is 0 Å². The average molecular weight is 289 g/mol. The van der Waals surface area contributed by atoms with E-state index in [1.54, 1.807) is 0 Å². The minimum Gasteiger partial charge on any atom is -0.379 e. The summed E-state index contributed by atoms with van der Waals surface area (Å²) < 4.78 is 5.42. The van der Waals surface area contributed by atoms with Crippen molar-refractivity contribution in [2.45, 2.75) is 38.1 Å². The molecule has 3 fully saturated rings. The number of hydrogen-bond donors (Lipinski definition) is 1. The maximum Gasteiger partial charge on any atom is 0.230 e. The Kier molecular flexibility index (Phi) is 4.75. The van der Waals surface area contributed by atoms with Crippen LogP contribution in [0.3, 0.4) is 0 Å². The molecule has 0 bridgehead atoms. The summed E-state index contributed by atoms with van der Waals surface area (Å²) in [5.41, 5.74) is -0.102. The zero-order valence-corrected chi connectivity index (χ0v) is 12.5. The van der Waals surface area contributed by atoms with Crippen LogP contribution in [-0.4, -0.2) is 50.2 Å². The summed E-state index contributed by atoms with van der Waals surface area (Å²) in [6.45, 7) is 3.43. The fourth-order valence-corrected chi connectivity index (χ4v) is 4.01. The van der Waals surface area contributed by atoms with Gasteiger partial charge in [0.1, 0.15) is 0 Å². The monoisotopic (exact) mass is 288 g/mol. The lowest BCUT2D eigenvalue weighted by Crippen LogP contribution is -2.51. The second kappa shape index (κ2) is 5.98. The van der Waals surface area contributed by atoms with Crippen LogP contribution in [0.4, 0.5) is 0 Å². The van der Waals surface area contributed by atoms with Crippen LogP contribution in [0, 0.1) is 11.3 Å².